The van der Waals surface area contributed by atoms with E-state index in [2.05, 4.69) is 16.6 Å². The van der Waals surface area contributed by atoms with Gasteiger partial charge in [0, 0.05) is 69.0 Å². The van der Waals surface area contributed by atoms with E-state index < -0.39 is 5.97 Å². The first kappa shape index (κ1) is 28.1. The summed E-state index contributed by atoms with van der Waals surface area (Å²) >= 11 is 1.61. The van der Waals surface area contributed by atoms with Gasteiger partial charge in [0.15, 0.2) is 5.78 Å². The molecule has 5 rings (SSSR count). The van der Waals surface area contributed by atoms with E-state index in [-0.39, 0.29) is 17.3 Å². The second kappa shape index (κ2) is 12.4. The molecule has 206 valence electrons. The average Bonchev–Trinajstić information content (AvgIpc) is 3.31. The van der Waals surface area contributed by atoms with Crippen molar-refractivity contribution in [3.05, 3.63) is 113 Å². The lowest BCUT2D eigenvalue weighted by atomic mass is 9.99. The summed E-state index contributed by atoms with van der Waals surface area (Å²) < 4.78 is 2.17. The lowest BCUT2D eigenvalue weighted by molar-refractivity contribution is -0.140. The predicted octanol–water partition coefficient (Wildman–Crippen LogP) is 7.64. The largest absolute Gasteiger partial charge is 0.341 e. The van der Waals surface area contributed by atoms with Gasteiger partial charge in [-0.3, -0.25) is 9.59 Å². The highest BCUT2D eigenvalue weighted by atomic mass is 32.2. The monoisotopic (exact) mass is 562 g/mol. The first-order valence-electron chi connectivity index (χ1n) is 13.5. The number of rotatable bonds is 10. The normalized spacial score (nSPS) is 11.6. The van der Waals surface area contributed by atoms with Gasteiger partial charge in [0.05, 0.1) is 0 Å². The molecule has 5 aromatic rings. The summed E-state index contributed by atoms with van der Waals surface area (Å²) in [5.41, 5.74) is 4.96. The number of carbonyl (C=O) groups excluding carboxylic acids is 3. The molecule has 0 aliphatic carbocycles. The minimum absolute atomic E-state index is 0.0565. The Hall–Kier alpha value is -4.49. The van der Waals surface area contributed by atoms with Gasteiger partial charge < -0.3 is 9.40 Å². The molecular formula is C34H30N2O4S. The van der Waals surface area contributed by atoms with Gasteiger partial charge in [-0.2, -0.15) is 0 Å². The second-order valence-corrected chi connectivity index (χ2v) is 10.9. The Morgan fingerprint density at radius 1 is 0.805 bits per heavy atom. The molecule has 0 atom stereocenters. The van der Waals surface area contributed by atoms with E-state index in [9.17, 15) is 14.4 Å². The third kappa shape index (κ3) is 6.15. The van der Waals surface area contributed by atoms with Crippen LogP contribution in [0.2, 0.25) is 0 Å². The number of hydrogen-bond acceptors (Lipinski definition) is 6. The highest BCUT2D eigenvalue weighted by Gasteiger charge is 2.20. The molecule has 0 saturated carbocycles. The van der Waals surface area contributed by atoms with E-state index in [1.54, 1.807) is 30.0 Å². The topological polar surface area (TPSA) is 77.7 Å². The van der Waals surface area contributed by atoms with Crippen LogP contribution >= 0.6 is 11.8 Å². The number of benzene rings is 4. The summed E-state index contributed by atoms with van der Waals surface area (Å²) in [6, 6.07) is 28.6. The summed E-state index contributed by atoms with van der Waals surface area (Å²) in [7, 11) is 0. The summed E-state index contributed by atoms with van der Waals surface area (Å²) in [4.78, 5) is 44.4. The number of ketones is 2. The van der Waals surface area contributed by atoms with Crippen LogP contribution in [0.1, 0.15) is 52.1 Å². The maximum Gasteiger partial charge on any atom is 0.331 e. The number of aryl methyl sites for hydroxylation is 2. The summed E-state index contributed by atoms with van der Waals surface area (Å²) in [5.74, 6) is -0.346. The van der Waals surface area contributed by atoms with Gasteiger partial charge >= 0.3 is 5.97 Å². The van der Waals surface area contributed by atoms with E-state index in [1.165, 1.54) is 12.5 Å². The Labute approximate surface area is 243 Å². The van der Waals surface area contributed by atoms with E-state index in [0.717, 1.165) is 33.2 Å². The van der Waals surface area contributed by atoms with Crippen LogP contribution in [0.3, 0.4) is 0 Å². The molecular weight excluding hydrogens is 532 g/mol. The standard InChI is InChI=1S/C34H30N2O4S/c1-4-36-31-16-12-25(33(38)24-8-6-5-7-9-24)20-28(31)29-21-26(13-17-32(29)36)34(39)30(35-40-23(3)37)18-19-41-27-14-10-22(2)11-15-27/h5-17,20-21H,4,18-19H2,1-3H3/b35-30+. The molecule has 1 heterocycles. The average molecular weight is 563 g/mol. The Kier molecular flexibility index (Phi) is 8.45. The molecule has 0 aliphatic rings. The molecule has 41 heavy (non-hydrogen) atoms. The first-order chi connectivity index (χ1) is 19.9. The van der Waals surface area contributed by atoms with Gasteiger partial charge in [-0.15, -0.1) is 11.8 Å². The Balaban J connectivity index is 1.49. The Bertz CT molecular complexity index is 1790. The third-order valence-corrected chi connectivity index (χ3v) is 7.93. The fourth-order valence-corrected chi connectivity index (χ4v) is 5.73. The molecule has 0 amide bonds. The van der Waals surface area contributed by atoms with E-state index in [4.69, 9.17) is 4.84 Å². The van der Waals surface area contributed by atoms with Crippen LogP contribution in [-0.4, -0.2) is 33.6 Å². The summed E-state index contributed by atoms with van der Waals surface area (Å²) in [6.45, 7) is 6.09. The second-order valence-electron chi connectivity index (χ2n) is 9.76. The minimum atomic E-state index is -0.585. The Morgan fingerprint density at radius 3 is 2.07 bits per heavy atom. The fourth-order valence-electron chi connectivity index (χ4n) is 4.87. The Morgan fingerprint density at radius 2 is 1.44 bits per heavy atom. The highest BCUT2D eigenvalue weighted by molar-refractivity contribution is 7.99. The van der Waals surface area contributed by atoms with Crippen molar-refractivity contribution in [3.8, 4) is 0 Å². The zero-order valence-electron chi connectivity index (χ0n) is 23.2. The molecule has 4 aromatic carbocycles. The molecule has 0 fully saturated rings. The molecule has 0 unspecified atom stereocenters. The molecule has 0 N–H and O–H groups in total. The van der Waals surface area contributed by atoms with Crippen LogP contribution in [0.25, 0.3) is 21.8 Å². The number of Topliss-reactive ketones (excluding diaryl/α,β-unsaturated/α-hetero) is 1. The summed E-state index contributed by atoms with van der Waals surface area (Å²) in [6.07, 6.45) is 0.329. The lowest BCUT2D eigenvalue weighted by Crippen LogP contribution is -2.16. The summed E-state index contributed by atoms with van der Waals surface area (Å²) in [5, 5.41) is 5.70. The number of hydrogen-bond donors (Lipinski definition) is 0. The van der Waals surface area contributed by atoms with Crippen LogP contribution in [-0.2, 0) is 16.2 Å². The smallest absolute Gasteiger partial charge is 0.331 e. The van der Waals surface area contributed by atoms with Crippen LogP contribution < -0.4 is 0 Å². The molecule has 0 spiro atoms. The van der Waals surface area contributed by atoms with Crippen LogP contribution in [0.15, 0.2) is 101 Å². The van der Waals surface area contributed by atoms with Crippen molar-refractivity contribution in [2.24, 2.45) is 5.16 Å². The number of thioether (sulfide) groups is 1. The van der Waals surface area contributed by atoms with Gasteiger partial charge in [-0.05, 0) is 62.4 Å². The van der Waals surface area contributed by atoms with Gasteiger partial charge in [-0.25, -0.2) is 4.79 Å². The maximum absolute atomic E-state index is 13.7. The predicted molar refractivity (Wildman–Crippen MR) is 165 cm³/mol. The number of aromatic nitrogens is 1. The number of carbonyl (C=O) groups is 3. The van der Waals surface area contributed by atoms with E-state index >= 15 is 0 Å². The zero-order chi connectivity index (χ0) is 28.9. The van der Waals surface area contributed by atoms with Gasteiger partial charge in [0.1, 0.15) is 5.71 Å². The molecule has 1 aromatic heterocycles. The number of nitrogens with zero attached hydrogens (tertiary/aromatic N) is 2. The molecule has 0 radical (unpaired) electrons. The number of oxime groups is 1. The zero-order valence-corrected chi connectivity index (χ0v) is 24.0. The van der Waals surface area contributed by atoms with E-state index in [1.807, 2.05) is 79.7 Å². The van der Waals surface area contributed by atoms with Crippen molar-refractivity contribution in [3.63, 3.8) is 0 Å². The van der Waals surface area contributed by atoms with Gasteiger partial charge in [0.25, 0.3) is 0 Å². The molecule has 0 bridgehead atoms. The minimum Gasteiger partial charge on any atom is -0.341 e. The van der Waals surface area contributed by atoms with Crippen LogP contribution in [0.4, 0.5) is 0 Å². The number of fused-ring (bicyclic) bond motifs is 3. The molecule has 0 aliphatic heterocycles. The van der Waals surface area contributed by atoms with Crippen molar-refractivity contribution in [2.45, 2.75) is 38.6 Å². The quantitative estimate of drug-likeness (QED) is 0.0575. The lowest BCUT2D eigenvalue weighted by Gasteiger charge is -2.07. The molecule has 6 nitrogen and oxygen atoms in total. The maximum atomic E-state index is 13.7. The SMILES string of the molecule is CCn1c2ccc(C(=O)/C(CCSc3ccc(C)cc3)=N/OC(C)=O)cc2c2cc(C(=O)c3ccccc3)ccc21. The van der Waals surface area contributed by atoms with E-state index in [0.29, 0.717) is 28.9 Å². The van der Waals surface area contributed by atoms with Crippen molar-refractivity contribution < 1.29 is 19.2 Å². The fraction of sp³-hybridized carbons (Fsp3) is 0.176. The molecule has 7 heteroatoms. The highest BCUT2D eigenvalue weighted by Crippen LogP contribution is 2.32. The molecule has 0 saturated heterocycles. The van der Waals surface area contributed by atoms with Crippen molar-refractivity contribution >= 4 is 56.8 Å². The van der Waals surface area contributed by atoms with Crippen molar-refractivity contribution in [1.29, 1.82) is 0 Å². The van der Waals surface area contributed by atoms with Crippen LogP contribution in [0.5, 0.6) is 0 Å². The van der Waals surface area contributed by atoms with Crippen LogP contribution in [0, 0.1) is 6.92 Å². The third-order valence-electron chi connectivity index (χ3n) is 6.92. The van der Waals surface area contributed by atoms with Gasteiger partial charge in [-0.1, -0.05) is 53.2 Å². The first-order valence-corrected chi connectivity index (χ1v) is 14.5. The van der Waals surface area contributed by atoms with Crippen molar-refractivity contribution in [1.82, 2.24) is 4.57 Å². The van der Waals surface area contributed by atoms with Gasteiger partial charge in [0.2, 0.25) is 5.78 Å². The van der Waals surface area contributed by atoms with Crippen molar-refractivity contribution in [2.75, 3.05) is 5.75 Å².